The van der Waals surface area contributed by atoms with Gasteiger partial charge in [0, 0.05) is 12.1 Å². The molecule has 112 valence electrons. The summed E-state index contributed by atoms with van der Waals surface area (Å²) in [5.41, 5.74) is 4.79. The van der Waals surface area contributed by atoms with Gasteiger partial charge >= 0.3 is 12.1 Å². The number of esters is 1. The molecule has 2 N–H and O–H groups in total. The number of amides is 1. The first-order valence-electron chi connectivity index (χ1n) is 6.00. The van der Waals surface area contributed by atoms with Crippen molar-refractivity contribution in [3.8, 4) is 11.5 Å². The molecule has 8 heteroatoms. The fraction of sp³-hybridized carbons (Fsp3) is 0. The number of primary amides is 1. The Kier molecular flexibility index (Phi) is 4.33. The van der Waals surface area contributed by atoms with E-state index in [9.17, 15) is 19.7 Å². The average Bonchev–Trinajstić information content (AvgIpc) is 2.47. The molecule has 2 aromatic carbocycles. The summed E-state index contributed by atoms with van der Waals surface area (Å²) in [6, 6.07) is 10.9. The third-order valence-corrected chi connectivity index (χ3v) is 2.58. The van der Waals surface area contributed by atoms with Gasteiger partial charge in [-0.25, -0.2) is 9.59 Å². The van der Waals surface area contributed by atoms with Gasteiger partial charge in [0.15, 0.2) is 0 Å². The third-order valence-electron chi connectivity index (χ3n) is 2.58. The van der Waals surface area contributed by atoms with Crippen LogP contribution in [0.5, 0.6) is 11.5 Å². The van der Waals surface area contributed by atoms with Crippen LogP contribution in [0.15, 0.2) is 48.5 Å². The van der Waals surface area contributed by atoms with Crippen molar-refractivity contribution in [3.05, 3.63) is 64.2 Å². The van der Waals surface area contributed by atoms with Crippen LogP contribution in [0.25, 0.3) is 0 Å². The third kappa shape index (κ3) is 3.57. The molecule has 0 saturated carbocycles. The van der Waals surface area contributed by atoms with Gasteiger partial charge in [-0.2, -0.15) is 0 Å². The van der Waals surface area contributed by atoms with E-state index in [-0.39, 0.29) is 22.7 Å². The average molecular weight is 302 g/mol. The number of hydrogen-bond donors (Lipinski definition) is 1. The van der Waals surface area contributed by atoms with E-state index < -0.39 is 17.0 Å². The molecule has 0 spiro atoms. The van der Waals surface area contributed by atoms with Gasteiger partial charge in [0.25, 0.3) is 5.69 Å². The first kappa shape index (κ1) is 15.0. The number of nitrogens with two attached hydrogens (primary N) is 1. The van der Waals surface area contributed by atoms with E-state index in [1.54, 1.807) is 12.1 Å². The van der Waals surface area contributed by atoms with Gasteiger partial charge in [0.2, 0.25) is 0 Å². The minimum Gasteiger partial charge on any atom is -0.423 e. The maximum absolute atomic E-state index is 12.0. The predicted molar refractivity (Wildman–Crippen MR) is 74.7 cm³/mol. The van der Waals surface area contributed by atoms with Gasteiger partial charge in [-0.1, -0.05) is 12.1 Å². The number of nitro benzene ring substituents is 1. The molecule has 8 nitrogen and oxygen atoms in total. The lowest BCUT2D eigenvalue weighted by atomic mass is 10.2. The van der Waals surface area contributed by atoms with Crippen molar-refractivity contribution in [2.75, 3.05) is 0 Å². The van der Waals surface area contributed by atoms with E-state index in [0.29, 0.717) is 0 Å². The lowest BCUT2D eigenvalue weighted by molar-refractivity contribution is -0.384. The lowest BCUT2D eigenvalue weighted by Gasteiger charge is -2.08. The Labute approximate surface area is 124 Å². The SMILES string of the molecule is NC(=O)Oc1ccccc1C(=O)Oc1ccc([N+](=O)[O-])cc1. The maximum Gasteiger partial charge on any atom is 0.409 e. The number of carbonyl (C=O) groups excluding carboxylic acids is 2. The first-order valence-corrected chi connectivity index (χ1v) is 6.00. The molecule has 1 amide bonds. The second-order valence-corrected chi connectivity index (χ2v) is 4.06. The standard InChI is InChI=1S/C14H10N2O6/c15-14(18)22-12-4-2-1-3-11(12)13(17)21-10-7-5-9(6-8-10)16(19)20/h1-8H,(H2,15,18). The number of benzene rings is 2. The summed E-state index contributed by atoms with van der Waals surface area (Å²) in [5.74, 6) is -0.711. The highest BCUT2D eigenvalue weighted by molar-refractivity contribution is 5.94. The fourth-order valence-corrected chi connectivity index (χ4v) is 1.63. The van der Waals surface area contributed by atoms with E-state index in [1.807, 2.05) is 0 Å². The van der Waals surface area contributed by atoms with Crippen molar-refractivity contribution in [3.63, 3.8) is 0 Å². The number of ether oxygens (including phenoxy) is 2. The molecule has 2 rings (SSSR count). The van der Waals surface area contributed by atoms with Crippen molar-refractivity contribution >= 4 is 17.7 Å². The molecule has 0 fully saturated rings. The van der Waals surface area contributed by atoms with Crippen LogP contribution in [0.3, 0.4) is 0 Å². The normalized spacial score (nSPS) is 9.82. The van der Waals surface area contributed by atoms with Crippen molar-refractivity contribution in [2.45, 2.75) is 0 Å². The highest BCUT2D eigenvalue weighted by Gasteiger charge is 2.16. The van der Waals surface area contributed by atoms with Crippen LogP contribution in [-0.2, 0) is 0 Å². The minimum atomic E-state index is -1.06. The van der Waals surface area contributed by atoms with E-state index in [2.05, 4.69) is 0 Å². The van der Waals surface area contributed by atoms with Gasteiger partial charge in [-0.05, 0) is 24.3 Å². The topological polar surface area (TPSA) is 122 Å². The second-order valence-electron chi connectivity index (χ2n) is 4.06. The van der Waals surface area contributed by atoms with Gasteiger partial charge in [0.05, 0.1) is 4.92 Å². The smallest absolute Gasteiger partial charge is 0.409 e. The highest BCUT2D eigenvalue weighted by Crippen LogP contribution is 2.22. The molecule has 0 aliphatic rings. The van der Waals surface area contributed by atoms with Gasteiger partial charge in [-0.15, -0.1) is 0 Å². The number of hydrogen-bond acceptors (Lipinski definition) is 6. The first-order chi connectivity index (χ1) is 10.5. The zero-order valence-corrected chi connectivity index (χ0v) is 11.1. The molecule has 0 unspecified atom stereocenters. The number of rotatable bonds is 4. The number of non-ortho nitro benzene ring substituents is 1. The van der Waals surface area contributed by atoms with Gasteiger partial charge in [-0.3, -0.25) is 10.1 Å². The van der Waals surface area contributed by atoms with Crippen LogP contribution in [0.2, 0.25) is 0 Å². The number of carbonyl (C=O) groups is 2. The summed E-state index contributed by atoms with van der Waals surface area (Å²) in [6.07, 6.45) is -1.06. The molecule has 0 heterocycles. The summed E-state index contributed by atoms with van der Waals surface area (Å²) >= 11 is 0. The molecule has 2 aromatic rings. The highest BCUT2D eigenvalue weighted by atomic mass is 16.6. The molecule has 0 atom stereocenters. The van der Waals surface area contributed by atoms with E-state index in [0.717, 1.165) is 0 Å². The lowest BCUT2D eigenvalue weighted by Crippen LogP contribution is -2.19. The fourth-order valence-electron chi connectivity index (χ4n) is 1.63. The van der Waals surface area contributed by atoms with Gasteiger partial charge in [0.1, 0.15) is 17.1 Å². The minimum absolute atomic E-state index is 0.000322. The van der Waals surface area contributed by atoms with E-state index in [4.69, 9.17) is 15.2 Å². The molecule has 0 aliphatic carbocycles. The predicted octanol–water partition coefficient (Wildman–Crippen LogP) is 2.27. The molecule has 0 radical (unpaired) electrons. The van der Waals surface area contributed by atoms with Crippen LogP contribution in [-0.4, -0.2) is 17.0 Å². The molecular formula is C14H10N2O6. The van der Waals surface area contributed by atoms with Crippen LogP contribution < -0.4 is 15.2 Å². The quantitative estimate of drug-likeness (QED) is 0.400. The Balaban J connectivity index is 2.18. The van der Waals surface area contributed by atoms with Crippen molar-refractivity contribution in [2.24, 2.45) is 5.73 Å². The second kappa shape index (κ2) is 6.35. The molecular weight excluding hydrogens is 292 g/mol. The summed E-state index contributed by atoms with van der Waals surface area (Å²) in [7, 11) is 0. The maximum atomic E-state index is 12.0. The number of nitro groups is 1. The van der Waals surface area contributed by atoms with Crippen LogP contribution >= 0.6 is 0 Å². The Bertz CT molecular complexity index is 726. The van der Waals surface area contributed by atoms with Crippen LogP contribution in [0.4, 0.5) is 10.5 Å². The van der Waals surface area contributed by atoms with E-state index >= 15 is 0 Å². The van der Waals surface area contributed by atoms with Gasteiger partial charge < -0.3 is 15.2 Å². The largest absolute Gasteiger partial charge is 0.423 e. The number of para-hydroxylation sites is 1. The summed E-state index contributed by atoms with van der Waals surface area (Å²) in [4.78, 5) is 32.8. The van der Waals surface area contributed by atoms with Crippen molar-refractivity contribution < 1.29 is 24.0 Å². The summed E-state index contributed by atoms with van der Waals surface area (Å²) in [5, 5.41) is 10.5. The Morgan fingerprint density at radius 1 is 1.00 bits per heavy atom. The zero-order valence-electron chi connectivity index (χ0n) is 11.1. The molecule has 0 aliphatic heterocycles. The number of nitrogens with zero attached hydrogens (tertiary/aromatic N) is 1. The van der Waals surface area contributed by atoms with Crippen molar-refractivity contribution in [1.29, 1.82) is 0 Å². The molecule has 0 saturated heterocycles. The summed E-state index contributed by atoms with van der Waals surface area (Å²) < 4.78 is 9.77. The molecule has 0 bridgehead atoms. The van der Waals surface area contributed by atoms with Crippen LogP contribution in [0.1, 0.15) is 10.4 Å². The Morgan fingerprint density at radius 2 is 1.64 bits per heavy atom. The van der Waals surface area contributed by atoms with Crippen LogP contribution in [0, 0.1) is 10.1 Å². The van der Waals surface area contributed by atoms with E-state index in [1.165, 1.54) is 36.4 Å². The monoisotopic (exact) mass is 302 g/mol. The Hall–Kier alpha value is -3.42. The summed E-state index contributed by atoms with van der Waals surface area (Å²) in [6.45, 7) is 0. The molecule has 0 aromatic heterocycles. The molecule has 22 heavy (non-hydrogen) atoms. The van der Waals surface area contributed by atoms with Crippen molar-refractivity contribution in [1.82, 2.24) is 0 Å². The Morgan fingerprint density at radius 3 is 2.23 bits per heavy atom. The zero-order chi connectivity index (χ0) is 16.1.